The molecule has 0 radical (unpaired) electrons. The number of amides is 2. The Balaban J connectivity index is 1.62. The fourth-order valence-corrected chi connectivity index (χ4v) is 4.63. The number of pyridine rings is 1. The molecule has 2 heterocycles. The maximum absolute atomic E-state index is 13.2. The van der Waals surface area contributed by atoms with Gasteiger partial charge in [0.15, 0.2) is 5.78 Å². The van der Waals surface area contributed by atoms with Crippen molar-refractivity contribution in [2.45, 2.75) is 19.8 Å². The number of fused-ring (bicyclic) bond motifs is 1. The summed E-state index contributed by atoms with van der Waals surface area (Å²) in [6, 6.07) is 26.4. The first-order chi connectivity index (χ1) is 16.0. The van der Waals surface area contributed by atoms with Gasteiger partial charge in [0.2, 0.25) is 11.8 Å². The first-order valence-corrected chi connectivity index (χ1v) is 10.9. The average molecular weight is 434 g/mol. The second-order valence-electron chi connectivity index (χ2n) is 8.26. The highest BCUT2D eigenvalue weighted by molar-refractivity contribution is 6.21. The van der Waals surface area contributed by atoms with Crippen LogP contribution in [0.5, 0.6) is 0 Å². The zero-order valence-electron chi connectivity index (χ0n) is 18.2. The number of hydrogen-bond acceptors (Lipinski definition) is 4. The third kappa shape index (κ3) is 3.72. The van der Waals surface area contributed by atoms with E-state index in [1.807, 2.05) is 60.7 Å². The van der Waals surface area contributed by atoms with Crippen molar-refractivity contribution < 1.29 is 14.4 Å². The third-order valence-corrected chi connectivity index (χ3v) is 6.08. The van der Waals surface area contributed by atoms with Gasteiger partial charge in [0.05, 0.1) is 22.8 Å². The smallest absolute Gasteiger partial charge is 0.237 e. The topological polar surface area (TPSA) is 67.3 Å². The van der Waals surface area contributed by atoms with Crippen LogP contribution in [0.25, 0.3) is 22.0 Å². The Morgan fingerprint density at radius 2 is 1.55 bits per heavy atom. The number of imide groups is 1. The predicted molar refractivity (Wildman–Crippen MR) is 128 cm³/mol. The number of aromatic nitrogens is 1. The molecule has 3 aromatic carbocycles. The molecule has 1 unspecified atom stereocenters. The zero-order chi connectivity index (χ0) is 22.9. The summed E-state index contributed by atoms with van der Waals surface area (Å²) < 4.78 is 0. The number of carbonyl (C=O) groups is 3. The van der Waals surface area contributed by atoms with Crippen molar-refractivity contribution in [1.29, 1.82) is 0 Å². The molecule has 1 atom stereocenters. The summed E-state index contributed by atoms with van der Waals surface area (Å²) in [5.41, 5.74) is 4.13. The minimum Gasteiger partial charge on any atom is -0.294 e. The highest BCUT2D eigenvalue weighted by Gasteiger charge is 2.40. The normalized spacial score (nSPS) is 15.9. The van der Waals surface area contributed by atoms with Gasteiger partial charge in [0, 0.05) is 29.4 Å². The number of Topliss-reactive ketones (excluding diaryl/α,β-unsaturated/α-hetero) is 1. The first-order valence-electron chi connectivity index (χ1n) is 10.9. The Labute approximate surface area is 191 Å². The molecule has 162 valence electrons. The summed E-state index contributed by atoms with van der Waals surface area (Å²) >= 11 is 0. The van der Waals surface area contributed by atoms with Crippen molar-refractivity contribution in [3.05, 3.63) is 96.2 Å². The van der Waals surface area contributed by atoms with Gasteiger partial charge in [-0.2, -0.15) is 0 Å². The minimum atomic E-state index is -0.562. The fourth-order valence-electron chi connectivity index (χ4n) is 4.63. The Hall–Kier alpha value is -4.12. The molecule has 4 aromatic rings. The largest absolute Gasteiger partial charge is 0.294 e. The van der Waals surface area contributed by atoms with Crippen LogP contribution in [0.2, 0.25) is 0 Å². The van der Waals surface area contributed by atoms with Gasteiger partial charge in [-0.1, -0.05) is 66.7 Å². The van der Waals surface area contributed by atoms with Crippen molar-refractivity contribution in [2.24, 2.45) is 5.92 Å². The standard InChI is InChI=1S/C28H22N2O3/c1-18(31)26-24(16-20-17-25(32)30(28(20)33)21-12-6-3-7-13-21)29-23-15-9-8-14-22(23)27(26)19-10-4-2-5-11-19/h2-15,20H,16-17H2,1H3. The van der Waals surface area contributed by atoms with Crippen LogP contribution >= 0.6 is 0 Å². The molecule has 0 spiro atoms. The van der Waals surface area contributed by atoms with E-state index in [0.717, 1.165) is 22.0 Å². The van der Waals surface area contributed by atoms with E-state index in [9.17, 15) is 14.4 Å². The van der Waals surface area contributed by atoms with Crippen LogP contribution in [0.4, 0.5) is 5.69 Å². The molecule has 33 heavy (non-hydrogen) atoms. The van der Waals surface area contributed by atoms with Gasteiger partial charge in [0.25, 0.3) is 0 Å². The van der Waals surface area contributed by atoms with Crippen molar-refractivity contribution >= 4 is 34.2 Å². The van der Waals surface area contributed by atoms with Gasteiger partial charge < -0.3 is 0 Å². The predicted octanol–water partition coefficient (Wildman–Crippen LogP) is 5.23. The fraction of sp³-hybridized carbons (Fsp3) is 0.143. The number of anilines is 1. The number of hydrogen-bond donors (Lipinski definition) is 0. The third-order valence-electron chi connectivity index (χ3n) is 6.08. The Morgan fingerprint density at radius 3 is 2.24 bits per heavy atom. The Morgan fingerprint density at radius 1 is 0.909 bits per heavy atom. The van der Waals surface area contributed by atoms with Gasteiger partial charge in [-0.05, 0) is 30.7 Å². The van der Waals surface area contributed by atoms with E-state index < -0.39 is 5.92 Å². The number of carbonyl (C=O) groups excluding carboxylic acids is 3. The van der Waals surface area contributed by atoms with Crippen molar-refractivity contribution in [2.75, 3.05) is 4.90 Å². The highest BCUT2D eigenvalue weighted by Crippen LogP contribution is 2.36. The summed E-state index contributed by atoms with van der Waals surface area (Å²) in [4.78, 5) is 44.9. The molecule has 0 saturated carbocycles. The molecule has 0 aliphatic carbocycles. The molecule has 5 rings (SSSR count). The molecular formula is C28H22N2O3. The maximum atomic E-state index is 13.2. The summed E-state index contributed by atoms with van der Waals surface area (Å²) in [5, 5.41) is 0.886. The number of rotatable bonds is 5. The monoisotopic (exact) mass is 434 g/mol. The highest BCUT2D eigenvalue weighted by atomic mass is 16.2. The molecule has 1 aliphatic heterocycles. The molecule has 1 aliphatic rings. The van der Waals surface area contributed by atoms with Crippen LogP contribution in [0.3, 0.4) is 0 Å². The van der Waals surface area contributed by atoms with Crippen molar-refractivity contribution in [1.82, 2.24) is 4.98 Å². The van der Waals surface area contributed by atoms with E-state index in [1.54, 1.807) is 24.3 Å². The van der Waals surface area contributed by atoms with Gasteiger partial charge in [-0.25, -0.2) is 0 Å². The molecule has 0 N–H and O–H groups in total. The van der Waals surface area contributed by atoms with Crippen LogP contribution in [0.1, 0.15) is 29.4 Å². The maximum Gasteiger partial charge on any atom is 0.237 e. The van der Waals surface area contributed by atoms with E-state index in [2.05, 4.69) is 0 Å². The number of para-hydroxylation sites is 2. The first kappa shape index (κ1) is 20.8. The van der Waals surface area contributed by atoms with E-state index in [1.165, 1.54) is 11.8 Å². The summed E-state index contributed by atoms with van der Waals surface area (Å²) in [5.74, 6) is -1.16. The summed E-state index contributed by atoms with van der Waals surface area (Å²) in [7, 11) is 0. The number of benzene rings is 3. The Bertz CT molecular complexity index is 1380. The van der Waals surface area contributed by atoms with Gasteiger partial charge >= 0.3 is 0 Å². The average Bonchev–Trinajstić information content (AvgIpc) is 3.11. The lowest BCUT2D eigenvalue weighted by molar-refractivity contribution is -0.122. The van der Waals surface area contributed by atoms with E-state index in [4.69, 9.17) is 4.98 Å². The van der Waals surface area contributed by atoms with Crippen LogP contribution in [0, 0.1) is 5.92 Å². The van der Waals surface area contributed by atoms with Gasteiger partial charge in [-0.15, -0.1) is 0 Å². The zero-order valence-corrected chi connectivity index (χ0v) is 18.2. The SMILES string of the molecule is CC(=O)c1c(CC2CC(=O)N(c3ccccc3)C2=O)nc2ccccc2c1-c1ccccc1. The minimum absolute atomic E-state index is 0.0975. The summed E-state index contributed by atoms with van der Waals surface area (Å²) in [6.07, 6.45) is 0.327. The van der Waals surface area contributed by atoms with Crippen molar-refractivity contribution in [3.8, 4) is 11.1 Å². The molecule has 1 aromatic heterocycles. The van der Waals surface area contributed by atoms with E-state index in [0.29, 0.717) is 16.9 Å². The molecule has 5 heteroatoms. The molecule has 2 amide bonds. The van der Waals surface area contributed by atoms with Crippen LogP contribution in [-0.4, -0.2) is 22.6 Å². The molecular weight excluding hydrogens is 412 g/mol. The van der Waals surface area contributed by atoms with E-state index in [-0.39, 0.29) is 30.4 Å². The lowest BCUT2D eigenvalue weighted by atomic mass is 9.89. The molecule has 0 bridgehead atoms. The lowest BCUT2D eigenvalue weighted by Gasteiger charge is -2.18. The number of nitrogens with zero attached hydrogens (tertiary/aromatic N) is 2. The molecule has 5 nitrogen and oxygen atoms in total. The molecule has 1 saturated heterocycles. The van der Waals surface area contributed by atoms with Crippen LogP contribution in [0.15, 0.2) is 84.9 Å². The van der Waals surface area contributed by atoms with Crippen LogP contribution in [-0.2, 0) is 16.0 Å². The second-order valence-corrected chi connectivity index (χ2v) is 8.26. The lowest BCUT2D eigenvalue weighted by Crippen LogP contribution is -2.31. The van der Waals surface area contributed by atoms with E-state index >= 15 is 0 Å². The second kappa shape index (κ2) is 8.43. The molecule has 1 fully saturated rings. The van der Waals surface area contributed by atoms with Gasteiger partial charge in [0.1, 0.15) is 0 Å². The quantitative estimate of drug-likeness (QED) is 0.319. The van der Waals surface area contributed by atoms with Gasteiger partial charge in [-0.3, -0.25) is 24.3 Å². The van der Waals surface area contributed by atoms with Crippen LogP contribution < -0.4 is 4.90 Å². The number of ketones is 1. The van der Waals surface area contributed by atoms with Crippen molar-refractivity contribution in [3.63, 3.8) is 0 Å². The summed E-state index contributed by atoms with van der Waals surface area (Å²) in [6.45, 7) is 1.53. The Kier molecular flexibility index (Phi) is 5.31.